The molecule has 0 saturated heterocycles. The highest BCUT2D eigenvalue weighted by atomic mass is 16.7. The van der Waals surface area contributed by atoms with Crippen molar-refractivity contribution < 1.29 is 19.0 Å². The Morgan fingerprint density at radius 2 is 1.72 bits per heavy atom. The molecule has 0 saturated carbocycles. The lowest BCUT2D eigenvalue weighted by molar-refractivity contribution is -0.0438. The van der Waals surface area contributed by atoms with Crippen molar-refractivity contribution in [1.82, 2.24) is 4.98 Å². The van der Waals surface area contributed by atoms with Crippen LogP contribution < -0.4 is 24.8 Å². The van der Waals surface area contributed by atoms with Gasteiger partial charge in [-0.25, -0.2) is 9.78 Å². The van der Waals surface area contributed by atoms with Gasteiger partial charge in [0.1, 0.15) is 5.69 Å². The molecule has 7 heteroatoms. The first-order valence-electron chi connectivity index (χ1n) is 10.4. The molecule has 2 aromatic carbocycles. The lowest BCUT2D eigenvalue weighted by atomic mass is 9.87. The number of amides is 2. The van der Waals surface area contributed by atoms with E-state index >= 15 is 0 Å². The number of nitrogens with zero attached hydrogens (tertiary/aromatic N) is 1. The number of hydrogen-bond acceptors (Lipinski definition) is 5. The number of hydrogen-bond donors (Lipinski definition) is 2. The molecule has 7 nitrogen and oxygen atoms in total. The normalized spacial score (nSPS) is 14.0. The Morgan fingerprint density at radius 3 is 2.44 bits per heavy atom. The number of para-hydroxylation sites is 1. The van der Waals surface area contributed by atoms with Gasteiger partial charge >= 0.3 is 6.03 Å². The maximum absolute atomic E-state index is 12.6. The number of carbonyl (C=O) groups is 1. The van der Waals surface area contributed by atoms with E-state index in [-0.39, 0.29) is 11.3 Å². The summed E-state index contributed by atoms with van der Waals surface area (Å²) in [6.07, 6.45) is 1.59. The number of aromatic nitrogens is 1. The van der Waals surface area contributed by atoms with Crippen LogP contribution in [0, 0.1) is 0 Å². The summed E-state index contributed by atoms with van der Waals surface area (Å²) in [6.45, 7) is 10.1. The highest BCUT2D eigenvalue weighted by molar-refractivity contribution is 6.00. The molecular weight excluding hydrogens is 406 g/mol. The minimum atomic E-state index is -0.782. The number of fused-ring (bicyclic) bond motifs is 1. The molecule has 0 spiro atoms. The Bertz CT molecular complexity index is 1130. The Labute approximate surface area is 187 Å². The Hall–Kier alpha value is -3.74. The molecule has 166 valence electrons. The number of pyridine rings is 1. The maximum Gasteiger partial charge on any atom is 0.323 e. The van der Waals surface area contributed by atoms with Crippen LogP contribution in [0.5, 0.6) is 23.1 Å². The van der Waals surface area contributed by atoms with Gasteiger partial charge in [-0.1, -0.05) is 39.0 Å². The van der Waals surface area contributed by atoms with Crippen molar-refractivity contribution in [1.29, 1.82) is 0 Å². The molecule has 4 rings (SSSR count). The van der Waals surface area contributed by atoms with Crippen molar-refractivity contribution in [2.45, 2.75) is 45.8 Å². The summed E-state index contributed by atoms with van der Waals surface area (Å²) < 4.78 is 17.6. The quantitative estimate of drug-likeness (QED) is 0.503. The summed E-state index contributed by atoms with van der Waals surface area (Å²) >= 11 is 0. The third-order valence-corrected chi connectivity index (χ3v) is 4.88. The Kier molecular flexibility index (Phi) is 5.42. The zero-order valence-corrected chi connectivity index (χ0v) is 18.9. The van der Waals surface area contributed by atoms with Crippen LogP contribution in [0.3, 0.4) is 0 Å². The molecule has 1 aromatic heterocycles. The van der Waals surface area contributed by atoms with Gasteiger partial charge in [0, 0.05) is 25.7 Å². The van der Waals surface area contributed by atoms with E-state index in [0.29, 0.717) is 28.6 Å². The van der Waals surface area contributed by atoms with E-state index in [0.717, 1.165) is 0 Å². The summed E-state index contributed by atoms with van der Waals surface area (Å²) in [5.74, 6) is 1.00. The van der Waals surface area contributed by atoms with Crippen LogP contribution in [0.15, 0.2) is 60.8 Å². The van der Waals surface area contributed by atoms with Crippen molar-refractivity contribution in [3.8, 4) is 23.1 Å². The lowest BCUT2D eigenvalue weighted by Gasteiger charge is -2.19. The molecule has 1 aliphatic rings. The van der Waals surface area contributed by atoms with Crippen molar-refractivity contribution in [3.63, 3.8) is 0 Å². The van der Waals surface area contributed by atoms with Gasteiger partial charge in [-0.05, 0) is 47.4 Å². The molecule has 2 heterocycles. The minimum absolute atomic E-state index is 0.0460. The molecule has 3 aromatic rings. The third kappa shape index (κ3) is 4.77. The second kappa shape index (κ2) is 8.07. The van der Waals surface area contributed by atoms with Crippen LogP contribution in [0.2, 0.25) is 0 Å². The molecule has 2 N–H and O–H groups in total. The lowest BCUT2D eigenvalue weighted by Crippen LogP contribution is -2.29. The molecule has 0 fully saturated rings. The number of carbonyl (C=O) groups excluding carboxylic acids is 1. The standard InChI is InChI=1S/C25H27N3O4/c1-24(2,3)16-11-13-17(14-12-16)27-23(29)28-18-8-7-15-26-22(18)30-19-9-6-10-20-21(19)32-25(4,5)31-20/h6-15H,1-5H3,(H2,27,28,29). The van der Waals surface area contributed by atoms with E-state index in [1.54, 1.807) is 24.4 Å². The zero-order chi connectivity index (χ0) is 22.9. The van der Waals surface area contributed by atoms with Crippen LogP contribution in [0.25, 0.3) is 0 Å². The van der Waals surface area contributed by atoms with E-state index < -0.39 is 11.8 Å². The molecule has 0 aliphatic carbocycles. The molecular formula is C25H27N3O4. The van der Waals surface area contributed by atoms with Gasteiger partial charge in [-0.2, -0.15) is 0 Å². The molecule has 0 atom stereocenters. The minimum Gasteiger partial charge on any atom is -0.449 e. The van der Waals surface area contributed by atoms with E-state index in [1.165, 1.54) is 5.56 Å². The highest BCUT2D eigenvalue weighted by Gasteiger charge is 2.34. The first-order valence-corrected chi connectivity index (χ1v) is 10.4. The highest BCUT2D eigenvalue weighted by Crippen LogP contribution is 2.47. The molecule has 0 unspecified atom stereocenters. The van der Waals surface area contributed by atoms with E-state index in [4.69, 9.17) is 14.2 Å². The fourth-order valence-electron chi connectivity index (χ4n) is 3.30. The smallest absolute Gasteiger partial charge is 0.323 e. The molecule has 32 heavy (non-hydrogen) atoms. The second-order valence-corrected chi connectivity index (χ2v) is 9.05. The number of ether oxygens (including phenoxy) is 3. The predicted octanol–water partition coefficient (Wildman–Crippen LogP) is 6.32. The third-order valence-electron chi connectivity index (χ3n) is 4.88. The average molecular weight is 434 g/mol. The molecule has 1 aliphatic heterocycles. The summed E-state index contributed by atoms with van der Waals surface area (Å²) in [5.41, 5.74) is 2.35. The fraction of sp³-hybridized carbons (Fsp3) is 0.280. The van der Waals surface area contributed by atoms with E-state index in [2.05, 4.69) is 36.4 Å². The van der Waals surface area contributed by atoms with Crippen molar-refractivity contribution in [2.75, 3.05) is 10.6 Å². The van der Waals surface area contributed by atoms with Gasteiger partial charge in [0.05, 0.1) is 0 Å². The van der Waals surface area contributed by atoms with Crippen LogP contribution >= 0.6 is 0 Å². The van der Waals surface area contributed by atoms with Crippen LogP contribution in [-0.2, 0) is 5.41 Å². The van der Waals surface area contributed by atoms with Crippen molar-refractivity contribution in [2.24, 2.45) is 0 Å². The Morgan fingerprint density at radius 1 is 0.969 bits per heavy atom. The molecule has 2 amide bonds. The first kappa shape index (κ1) is 21.5. The fourth-order valence-corrected chi connectivity index (χ4v) is 3.30. The van der Waals surface area contributed by atoms with Crippen LogP contribution in [0.4, 0.5) is 16.2 Å². The summed E-state index contributed by atoms with van der Waals surface area (Å²) in [4.78, 5) is 16.9. The van der Waals surface area contributed by atoms with Crippen LogP contribution in [0.1, 0.15) is 40.2 Å². The zero-order valence-electron chi connectivity index (χ0n) is 18.9. The van der Waals surface area contributed by atoms with Gasteiger partial charge < -0.3 is 24.8 Å². The SMILES string of the molecule is CC1(C)Oc2cccc(Oc3ncccc3NC(=O)Nc3ccc(C(C)(C)C)cc3)c2O1. The van der Waals surface area contributed by atoms with Crippen molar-refractivity contribution in [3.05, 3.63) is 66.4 Å². The average Bonchev–Trinajstić information content (AvgIpc) is 3.04. The van der Waals surface area contributed by atoms with Gasteiger partial charge in [-0.15, -0.1) is 0 Å². The van der Waals surface area contributed by atoms with Gasteiger partial charge in [0.15, 0.2) is 11.5 Å². The molecule has 0 bridgehead atoms. The van der Waals surface area contributed by atoms with E-state index in [9.17, 15) is 4.79 Å². The molecule has 0 radical (unpaired) electrons. The summed E-state index contributed by atoms with van der Waals surface area (Å²) in [7, 11) is 0. The van der Waals surface area contributed by atoms with Gasteiger partial charge in [0.2, 0.25) is 17.4 Å². The predicted molar refractivity (Wildman–Crippen MR) is 124 cm³/mol. The van der Waals surface area contributed by atoms with Gasteiger partial charge in [-0.3, -0.25) is 0 Å². The van der Waals surface area contributed by atoms with E-state index in [1.807, 2.05) is 50.2 Å². The number of nitrogens with one attached hydrogen (secondary N) is 2. The number of rotatable bonds is 4. The summed E-state index contributed by atoms with van der Waals surface area (Å²) in [6, 6.07) is 16.2. The largest absolute Gasteiger partial charge is 0.449 e. The topological polar surface area (TPSA) is 81.7 Å². The second-order valence-electron chi connectivity index (χ2n) is 9.05. The number of benzene rings is 2. The first-order chi connectivity index (χ1) is 15.1. The number of anilines is 2. The van der Waals surface area contributed by atoms with Gasteiger partial charge in [0.25, 0.3) is 0 Å². The van der Waals surface area contributed by atoms with Crippen molar-refractivity contribution >= 4 is 17.4 Å². The maximum atomic E-state index is 12.6. The monoisotopic (exact) mass is 433 g/mol. The number of urea groups is 1. The van der Waals surface area contributed by atoms with Crippen LogP contribution in [-0.4, -0.2) is 16.8 Å². The summed E-state index contributed by atoms with van der Waals surface area (Å²) in [5, 5.41) is 5.63. The Balaban J connectivity index is 1.48.